The SMILES string of the molecule is O=C(CCc1n[nH]c2c1CCCC2)N1CCN(C(=O)c2ncn[nH]2)CC1. The molecular weight excluding hydrogens is 334 g/mol. The average Bonchev–Trinajstić information content (AvgIpc) is 3.36. The van der Waals surface area contributed by atoms with Gasteiger partial charge in [-0.1, -0.05) is 0 Å². The molecule has 138 valence electrons. The molecule has 1 aliphatic carbocycles. The van der Waals surface area contributed by atoms with Crippen molar-refractivity contribution in [3.05, 3.63) is 29.1 Å². The van der Waals surface area contributed by atoms with Gasteiger partial charge in [0.25, 0.3) is 5.91 Å². The Kier molecular flexibility index (Phi) is 4.68. The van der Waals surface area contributed by atoms with E-state index in [1.165, 1.54) is 30.4 Å². The molecule has 0 radical (unpaired) electrons. The zero-order valence-corrected chi connectivity index (χ0v) is 14.7. The molecule has 9 nitrogen and oxygen atoms in total. The summed E-state index contributed by atoms with van der Waals surface area (Å²) in [5.41, 5.74) is 3.62. The molecule has 26 heavy (non-hydrogen) atoms. The number of hydrogen-bond acceptors (Lipinski definition) is 5. The van der Waals surface area contributed by atoms with E-state index >= 15 is 0 Å². The van der Waals surface area contributed by atoms with Gasteiger partial charge in [-0.3, -0.25) is 19.8 Å². The van der Waals surface area contributed by atoms with E-state index in [9.17, 15) is 9.59 Å². The van der Waals surface area contributed by atoms with Crippen molar-refractivity contribution >= 4 is 11.8 Å². The molecule has 1 fully saturated rings. The lowest BCUT2D eigenvalue weighted by molar-refractivity contribution is -0.132. The van der Waals surface area contributed by atoms with E-state index < -0.39 is 0 Å². The number of hydrogen-bond donors (Lipinski definition) is 2. The van der Waals surface area contributed by atoms with Crippen molar-refractivity contribution in [2.24, 2.45) is 0 Å². The number of piperazine rings is 1. The summed E-state index contributed by atoms with van der Waals surface area (Å²) >= 11 is 0. The minimum atomic E-state index is -0.169. The van der Waals surface area contributed by atoms with Gasteiger partial charge in [-0.15, -0.1) is 0 Å². The number of fused-ring (bicyclic) bond motifs is 1. The zero-order valence-electron chi connectivity index (χ0n) is 14.7. The molecule has 2 N–H and O–H groups in total. The second kappa shape index (κ2) is 7.27. The highest BCUT2D eigenvalue weighted by molar-refractivity contribution is 5.90. The first-order valence-corrected chi connectivity index (χ1v) is 9.20. The third-order valence-corrected chi connectivity index (χ3v) is 5.25. The highest BCUT2D eigenvalue weighted by atomic mass is 16.2. The number of carbonyl (C=O) groups is 2. The van der Waals surface area contributed by atoms with E-state index in [1.54, 1.807) is 4.90 Å². The summed E-state index contributed by atoms with van der Waals surface area (Å²) in [6, 6.07) is 0. The number of nitrogens with one attached hydrogen (secondary N) is 2. The molecule has 4 rings (SSSR count). The number of H-pyrrole nitrogens is 2. The highest BCUT2D eigenvalue weighted by Crippen LogP contribution is 2.23. The second-order valence-corrected chi connectivity index (χ2v) is 6.84. The molecule has 1 saturated heterocycles. The summed E-state index contributed by atoms with van der Waals surface area (Å²) in [5, 5.41) is 13.8. The molecule has 0 unspecified atom stereocenters. The van der Waals surface area contributed by atoms with Gasteiger partial charge in [0.15, 0.2) is 0 Å². The van der Waals surface area contributed by atoms with E-state index in [0.29, 0.717) is 39.0 Å². The van der Waals surface area contributed by atoms with Gasteiger partial charge in [0.2, 0.25) is 11.7 Å². The van der Waals surface area contributed by atoms with Crippen LogP contribution in [0.15, 0.2) is 6.33 Å². The Balaban J connectivity index is 1.27. The van der Waals surface area contributed by atoms with Crippen molar-refractivity contribution in [2.45, 2.75) is 38.5 Å². The molecule has 2 aliphatic rings. The molecule has 2 aromatic rings. The Bertz CT molecular complexity index is 775. The number of nitrogens with zero attached hydrogens (tertiary/aromatic N) is 5. The van der Waals surface area contributed by atoms with Gasteiger partial charge in [-0.05, 0) is 31.2 Å². The summed E-state index contributed by atoms with van der Waals surface area (Å²) in [4.78, 5) is 32.2. The number of aromatic nitrogens is 5. The molecule has 0 spiro atoms. The van der Waals surface area contributed by atoms with Crippen molar-refractivity contribution in [1.29, 1.82) is 0 Å². The van der Waals surface area contributed by atoms with Gasteiger partial charge in [0.1, 0.15) is 6.33 Å². The van der Waals surface area contributed by atoms with E-state index in [2.05, 4.69) is 25.4 Å². The summed E-state index contributed by atoms with van der Waals surface area (Å²) in [5.74, 6) is 0.204. The largest absolute Gasteiger partial charge is 0.339 e. The molecule has 0 aromatic carbocycles. The maximum absolute atomic E-state index is 12.5. The lowest BCUT2D eigenvalue weighted by atomic mass is 9.94. The normalized spacial score (nSPS) is 17.2. The standard InChI is InChI=1S/C17H23N7O2/c25-15(6-5-14-12-3-1-2-4-13(12)20-21-14)23-7-9-24(10-8-23)17(26)16-18-11-19-22-16/h11H,1-10H2,(H,20,21)(H,18,19,22). The molecule has 2 aromatic heterocycles. The zero-order chi connectivity index (χ0) is 17.9. The van der Waals surface area contributed by atoms with Crippen LogP contribution in [0.5, 0.6) is 0 Å². The Labute approximate surface area is 151 Å². The first-order chi connectivity index (χ1) is 12.7. The first-order valence-electron chi connectivity index (χ1n) is 9.20. The van der Waals surface area contributed by atoms with Crippen LogP contribution in [0.25, 0.3) is 0 Å². The van der Waals surface area contributed by atoms with Crippen LogP contribution >= 0.6 is 0 Å². The van der Waals surface area contributed by atoms with Gasteiger partial charge in [-0.2, -0.15) is 10.2 Å². The van der Waals surface area contributed by atoms with Crippen LogP contribution in [0.2, 0.25) is 0 Å². The predicted octanol–water partition coefficient (Wildman–Crippen LogP) is 0.324. The Morgan fingerprint density at radius 1 is 1.04 bits per heavy atom. The van der Waals surface area contributed by atoms with Crippen molar-refractivity contribution in [3.8, 4) is 0 Å². The third-order valence-electron chi connectivity index (χ3n) is 5.25. The van der Waals surface area contributed by atoms with Crippen LogP contribution < -0.4 is 0 Å². The fraction of sp³-hybridized carbons (Fsp3) is 0.588. The Morgan fingerprint density at radius 3 is 2.58 bits per heavy atom. The van der Waals surface area contributed by atoms with Crippen LogP contribution in [0.4, 0.5) is 0 Å². The fourth-order valence-electron chi connectivity index (χ4n) is 3.76. The van der Waals surface area contributed by atoms with Gasteiger partial charge >= 0.3 is 0 Å². The van der Waals surface area contributed by atoms with Crippen LogP contribution in [0.3, 0.4) is 0 Å². The second-order valence-electron chi connectivity index (χ2n) is 6.84. The monoisotopic (exact) mass is 357 g/mol. The molecule has 9 heteroatoms. The number of aryl methyl sites for hydroxylation is 2. The van der Waals surface area contributed by atoms with Crippen molar-refractivity contribution in [3.63, 3.8) is 0 Å². The molecule has 2 amide bonds. The summed E-state index contributed by atoms with van der Waals surface area (Å²) in [6.07, 6.45) is 7.02. The molecule has 0 saturated carbocycles. The Hall–Kier alpha value is -2.71. The maximum atomic E-state index is 12.5. The van der Waals surface area contributed by atoms with Gasteiger partial charge in [0.05, 0.1) is 5.69 Å². The highest BCUT2D eigenvalue weighted by Gasteiger charge is 2.26. The summed E-state index contributed by atoms with van der Waals surface area (Å²) in [7, 11) is 0. The van der Waals surface area contributed by atoms with Gasteiger partial charge in [0, 0.05) is 44.7 Å². The van der Waals surface area contributed by atoms with Gasteiger partial charge < -0.3 is 9.80 Å². The van der Waals surface area contributed by atoms with Crippen LogP contribution in [0.1, 0.15) is 46.8 Å². The average molecular weight is 357 g/mol. The maximum Gasteiger partial charge on any atom is 0.291 e. The molecule has 0 atom stereocenters. The smallest absolute Gasteiger partial charge is 0.291 e. The van der Waals surface area contributed by atoms with Gasteiger partial charge in [-0.25, -0.2) is 4.98 Å². The quantitative estimate of drug-likeness (QED) is 0.819. The number of aromatic amines is 2. The first kappa shape index (κ1) is 16.7. The van der Waals surface area contributed by atoms with E-state index in [0.717, 1.165) is 18.5 Å². The van der Waals surface area contributed by atoms with Crippen molar-refractivity contribution in [2.75, 3.05) is 26.2 Å². The van der Waals surface area contributed by atoms with E-state index in [1.807, 2.05) is 4.90 Å². The van der Waals surface area contributed by atoms with Crippen molar-refractivity contribution < 1.29 is 9.59 Å². The minimum Gasteiger partial charge on any atom is -0.339 e. The molecule has 1 aliphatic heterocycles. The molecule has 0 bridgehead atoms. The number of amides is 2. The van der Waals surface area contributed by atoms with Crippen LogP contribution in [0, 0.1) is 0 Å². The Morgan fingerprint density at radius 2 is 1.81 bits per heavy atom. The lowest BCUT2D eigenvalue weighted by Gasteiger charge is -2.34. The van der Waals surface area contributed by atoms with Crippen molar-refractivity contribution in [1.82, 2.24) is 35.2 Å². The summed E-state index contributed by atoms with van der Waals surface area (Å²) < 4.78 is 0. The van der Waals surface area contributed by atoms with E-state index in [-0.39, 0.29) is 17.6 Å². The molecule has 3 heterocycles. The third kappa shape index (κ3) is 3.33. The lowest BCUT2D eigenvalue weighted by Crippen LogP contribution is -2.50. The number of rotatable bonds is 4. The minimum absolute atomic E-state index is 0.129. The topological polar surface area (TPSA) is 111 Å². The summed E-state index contributed by atoms with van der Waals surface area (Å²) in [6.45, 7) is 2.14. The predicted molar refractivity (Wildman–Crippen MR) is 92.4 cm³/mol. The van der Waals surface area contributed by atoms with Crippen LogP contribution in [-0.2, 0) is 24.1 Å². The molecular formula is C17H23N7O2. The van der Waals surface area contributed by atoms with Crippen LogP contribution in [-0.4, -0.2) is 73.2 Å². The fourth-order valence-corrected chi connectivity index (χ4v) is 3.76. The van der Waals surface area contributed by atoms with E-state index in [4.69, 9.17) is 0 Å². The number of carbonyl (C=O) groups excluding carboxylic acids is 2.